The molecule has 2 aliphatic rings. The number of nitrogen functional groups attached to an aromatic ring is 1. The van der Waals surface area contributed by atoms with E-state index in [1.807, 2.05) is 0 Å². The van der Waals surface area contributed by atoms with E-state index in [4.69, 9.17) is 5.73 Å². The molecule has 0 bridgehead atoms. The van der Waals surface area contributed by atoms with E-state index < -0.39 is 0 Å². The highest BCUT2D eigenvalue weighted by molar-refractivity contribution is 8.00. The molecule has 2 heterocycles. The SMILES string of the molecule is N#Cc1c(NC(=O)CSc2nc(N)c(C#N)c(C3CC3)c2C#N)sc2c1CCCC2. The number of nitrogens with zero attached hydrogens (tertiary/aromatic N) is 4. The van der Waals surface area contributed by atoms with Crippen LogP contribution in [-0.2, 0) is 17.6 Å². The molecular weight excluding hydrogens is 416 g/mol. The molecule has 0 saturated heterocycles. The number of hydrogen-bond donors (Lipinski definition) is 2. The van der Waals surface area contributed by atoms with Gasteiger partial charge in [0.15, 0.2) is 0 Å². The van der Waals surface area contributed by atoms with Gasteiger partial charge in [0.25, 0.3) is 0 Å². The molecule has 150 valence electrons. The molecule has 0 spiro atoms. The highest BCUT2D eigenvalue weighted by Crippen LogP contribution is 2.46. The number of thioether (sulfide) groups is 1. The van der Waals surface area contributed by atoms with Crippen molar-refractivity contribution in [3.05, 3.63) is 32.7 Å². The largest absolute Gasteiger partial charge is 0.383 e. The highest BCUT2D eigenvalue weighted by atomic mass is 32.2. The van der Waals surface area contributed by atoms with E-state index in [1.54, 1.807) is 0 Å². The Bertz CT molecular complexity index is 1160. The number of nitriles is 3. The maximum atomic E-state index is 12.6. The predicted molar refractivity (Wildman–Crippen MR) is 115 cm³/mol. The summed E-state index contributed by atoms with van der Waals surface area (Å²) in [4.78, 5) is 18.0. The van der Waals surface area contributed by atoms with Gasteiger partial charge in [-0.3, -0.25) is 4.79 Å². The first-order chi connectivity index (χ1) is 14.6. The first kappa shape index (κ1) is 20.2. The summed E-state index contributed by atoms with van der Waals surface area (Å²) in [6.45, 7) is 0. The Labute approximate surface area is 182 Å². The van der Waals surface area contributed by atoms with Crippen molar-refractivity contribution in [2.75, 3.05) is 16.8 Å². The molecule has 1 saturated carbocycles. The fourth-order valence-corrected chi connectivity index (χ4v) is 5.84. The molecule has 2 aromatic rings. The van der Waals surface area contributed by atoms with E-state index in [0.29, 0.717) is 26.7 Å². The molecule has 30 heavy (non-hydrogen) atoms. The van der Waals surface area contributed by atoms with E-state index in [0.717, 1.165) is 55.9 Å². The van der Waals surface area contributed by atoms with Crippen molar-refractivity contribution in [2.45, 2.75) is 49.5 Å². The molecule has 0 unspecified atom stereocenters. The minimum Gasteiger partial charge on any atom is -0.383 e. The third-order valence-electron chi connectivity index (χ3n) is 5.32. The Morgan fingerprint density at radius 1 is 1.13 bits per heavy atom. The number of rotatable bonds is 5. The number of fused-ring (bicyclic) bond motifs is 1. The summed E-state index contributed by atoms with van der Waals surface area (Å²) < 4.78 is 0. The average molecular weight is 435 g/mol. The van der Waals surface area contributed by atoms with Crippen molar-refractivity contribution >= 4 is 39.8 Å². The van der Waals surface area contributed by atoms with Crippen molar-refractivity contribution in [2.24, 2.45) is 0 Å². The number of amides is 1. The van der Waals surface area contributed by atoms with Gasteiger partial charge in [-0.1, -0.05) is 11.8 Å². The van der Waals surface area contributed by atoms with Crippen LogP contribution in [0.15, 0.2) is 5.03 Å². The Morgan fingerprint density at radius 2 is 1.83 bits per heavy atom. The van der Waals surface area contributed by atoms with Gasteiger partial charge in [-0.15, -0.1) is 11.3 Å². The van der Waals surface area contributed by atoms with Gasteiger partial charge in [0.05, 0.1) is 22.4 Å². The zero-order valence-electron chi connectivity index (χ0n) is 16.1. The van der Waals surface area contributed by atoms with Crippen LogP contribution < -0.4 is 11.1 Å². The predicted octanol–water partition coefficient (Wildman–Crippen LogP) is 3.83. The molecule has 2 aliphatic carbocycles. The van der Waals surface area contributed by atoms with Gasteiger partial charge >= 0.3 is 0 Å². The smallest absolute Gasteiger partial charge is 0.235 e. The average Bonchev–Trinajstić information content (AvgIpc) is 3.52. The number of nitrogens with one attached hydrogen (secondary N) is 1. The third-order valence-corrected chi connectivity index (χ3v) is 7.50. The van der Waals surface area contributed by atoms with E-state index in [2.05, 4.69) is 28.5 Å². The molecule has 0 aromatic carbocycles. The number of anilines is 2. The van der Waals surface area contributed by atoms with Crippen LogP contribution in [-0.4, -0.2) is 16.6 Å². The lowest BCUT2D eigenvalue weighted by atomic mass is 9.96. The van der Waals surface area contributed by atoms with Crippen LogP contribution in [0.1, 0.15) is 64.3 Å². The number of carbonyl (C=O) groups is 1. The van der Waals surface area contributed by atoms with Crippen molar-refractivity contribution in [1.29, 1.82) is 15.8 Å². The molecule has 0 aliphatic heterocycles. The van der Waals surface area contributed by atoms with Gasteiger partial charge in [0.1, 0.15) is 34.1 Å². The molecule has 1 amide bonds. The maximum absolute atomic E-state index is 12.6. The van der Waals surface area contributed by atoms with Gasteiger partial charge in [0, 0.05) is 4.88 Å². The van der Waals surface area contributed by atoms with Gasteiger partial charge in [-0.05, 0) is 55.6 Å². The highest BCUT2D eigenvalue weighted by Gasteiger charge is 2.32. The number of carbonyl (C=O) groups excluding carboxylic acids is 1. The summed E-state index contributed by atoms with van der Waals surface area (Å²) in [5.74, 6) is 0.0176. The molecule has 2 aromatic heterocycles. The second-order valence-electron chi connectivity index (χ2n) is 7.33. The lowest BCUT2D eigenvalue weighted by Crippen LogP contribution is -2.15. The minimum atomic E-state index is -0.267. The minimum absolute atomic E-state index is 0.0323. The number of pyridine rings is 1. The summed E-state index contributed by atoms with van der Waals surface area (Å²) >= 11 is 2.61. The molecule has 1 fully saturated rings. The van der Waals surface area contributed by atoms with Crippen molar-refractivity contribution in [3.8, 4) is 18.2 Å². The topological polar surface area (TPSA) is 139 Å². The molecule has 4 rings (SSSR count). The number of aryl methyl sites for hydroxylation is 1. The van der Waals surface area contributed by atoms with Crippen LogP contribution in [0.5, 0.6) is 0 Å². The summed E-state index contributed by atoms with van der Waals surface area (Å²) in [6, 6.07) is 6.45. The van der Waals surface area contributed by atoms with Gasteiger partial charge in [-0.25, -0.2) is 4.98 Å². The van der Waals surface area contributed by atoms with Gasteiger partial charge in [-0.2, -0.15) is 15.8 Å². The summed E-state index contributed by atoms with van der Waals surface area (Å²) in [5.41, 5.74) is 8.86. The maximum Gasteiger partial charge on any atom is 0.235 e. The summed E-state index contributed by atoms with van der Waals surface area (Å²) in [7, 11) is 0. The number of hydrogen-bond acceptors (Lipinski definition) is 8. The fraction of sp³-hybridized carbons (Fsp3) is 0.381. The molecule has 0 radical (unpaired) electrons. The van der Waals surface area contributed by atoms with E-state index in [1.165, 1.54) is 16.2 Å². The summed E-state index contributed by atoms with van der Waals surface area (Å²) in [6.07, 6.45) is 5.82. The normalized spacial score (nSPS) is 14.8. The fourth-order valence-electron chi connectivity index (χ4n) is 3.78. The van der Waals surface area contributed by atoms with Gasteiger partial charge < -0.3 is 11.1 Å². The molecule has 3 N–H and O–H groups in total. The van der Waals surface area contributed by atoms with Crippen LogP contribution in [0.2, 0.25) is 0 Å². The number of nitrogens with two attached hydrogens (primary N) is 1. The molecule has 0 atom stereocenters. The monoisotopic (exact) mass is 434 g/mol. The van der Waals surface area contributed by atoms with Crippen LogP contribution in [0.3, 0.4) is 0 Å². The van der Waals surface area contributed by atoms with E-state index in [9.17, 15) is 20.6 Å². The Kier molecular flexibility index (Phi) is 5.63. The van der Waals surface area contributed by atoms with Crippen molar-refractivity contribution < 1.29 is 4.79 Å². The van der Waals surface area contributed by atoms with Crippen LogP contribution in [0.25, 0.3) is 0 Å². The Hall–Kier alpha value is -3.06. The number of aromatic nitrogens is 1. The molecule has 7 nitrogen and oxygen atoms in total. The molecule has 9 heteroatoms. The Morgan fingerprint density at radius 3 is 2.50 bits per heavy atom. The second kappa shape index (κ2) is 8.36. The van der Waals surface area contributed by atoms with E-state index >= 15 is 0 Å². The zero-order chi connectivity index (χ0) is 21.3. The third kappa shape index (κ3) is 3.73. The lowest BCUT2D eigenvalue weighted by molar-refractivity contribution is -0.113. The van der Waals surface area contributed by atoms with Crippen molar-refractivity contribution in [1.82, 2.24) is 4.98 Å². The van der Waals surface area contributed by atoms with Crippen LogP contribution >= 0.6 is 23.1 Å². The lowest BCUT2D eigenvalue weighted by Gasteiger charge is -2.12. The quantitative estimate of drug-likeness (QED) is 0.682. The van der Waals surface area contributed by atoms with Gasteiger partial charge in [0.2, 0.25) is 5.91 Å². The first-order valence-electron chi connectivity index (χ1n) is 9.68. The Balaban J connectivity index is 1.53. The van der Waals surface area contributed by atoms with E-state index in [-0.39, 0.29) is 29.0 Å². The second-order valence-corrected chi connectivity index (χ2v) is 9.40. The summed E-state index contributed by atoms with van der Waals surface area (Å²) in [5, 5.41) is 32.4. The van der Waals surface area contributed by atoms with Crippen LogP contribution in [0.4, 0.5) is 10.8 Å². The van der Waals surface area contributed by atoms with Crippen molar-refractivity contribution in [3.63, 3.8) is 0 Å². The molecular formula is C21H18N6OS2. The standard InChI is InChI=1S/C21H18N6OS2/c22-7-13-12-3-1-2-4-16(12)30-21(13)26-17(28)10-29-20-15(9-24)18(11-5-6-11)14(8-23)19(25)27-20/h11H,1-6,10H2,(H2,25,27)(H,26,28). The van der Waals surface area contributed by atoms with Crippen LogP contribution in [0, 0.1) is 34.0 Å². The first-order valence-corrected chi connectivity index (χ1v) is 11.5. The number of thiophene rings is 1. The zero-order valence-corrected chi connectivity index (χ0v) is 17.8.